The number of nitrogens with two attached hydrogens (primary N) is 1. The van der Waals surface area contributed by atoms with Crippen LogP contribution in [0.4, 0.5) is 5.69 Å². The molecule has 3 N–H and O–H groups in total. The third kappa shape index (κ3) is 3.52. The number of nitrogens with zero attached hydrogens (tertiary/aromatic N) is 1. The molecule has 0 unspecified atom stereocenters. The van der Waals surface area contributed by atoms with Gasteiger partial charge in [0, 0.05) is 34.3 Å². The molecule has 90 valence electrons. The van der Waals surface area contributed by atoms with E-state index >= 15 is 0 Å². The molecule has 3 nitrogen and oxygen atoms in total. The van der Waals surface area contributed by atoms with Crippen LogP contribution in [0.25, 0.3) is 0 Å². The summed E-state index contributed by atoms with van der Waals surface area (Å²) in [4.78, 5) is 5.48. The molecule has 5 heteroatoms. The fourth-order valence-corrected chi connectivity index (χ4v) is 2.69. The Hall–Kier alpha value is -0.910. The van der Waals surface area contributed by atoms with Crippen molar-refractivity contribution in [1.82, 2.24) is 10.3 Å². The fraction of sp³-hybridized carbons (Fsp3) is 0.250. The minimum atomic E-state index is 0.770. The molecule has 0 aliphatic carbocycles. The Morgan fingerprint density at radius 3 is 2.88 bits per heavy atom. The maximum absolute atomic E-state index is 5.74. The predicted molar refractivity (Wildman–Crippen MR) is 75.9 cm³/mol. The molecule has 2 rings (SSSR count). The van der Waals surface area contributed by atoms with Crippen LogP contribution >= 0.6 is 27.3 Å². The maximum atomic E-state index is 5.74. The molecule has 1 aromatic carbocycles. The van der Waals surface area contributed by atoms with Gasteiger partial charge in [-0.15, -0.1) is 11.3 Å². The highest BCUT2D eigenvalue weighted by molar-refractivity contribution is 9.10. The lowest BCUT2D eigenvalue weighted by Gasteiger charge is -2.05. The average Bonchev–Trinajstić information content (AvgIpc) is 2.70. The van der Waals surface area contributed by atoms with Crippen molar-refractivity contribution in [3.05, 3.63) is 44.3 Å². The number of aromatic nitrogens is 1. The topological polar surface area (TPSA) is 50.9 Å². The Bertz CT molecular complexity index is 510. The molecule has 17 heavy (non-hydrogen) atoms. The summed E-state index contributed by atoms with van der Waals surface area (Å²) in [6.45, 7) is 3.70. The summed E-state index contributed by atoms with van der Waals surface area (Å²) in [7, 11) is 0. The van der Waals surface area contributed by atoms with E-state index in [1.54, 1.807) is 11.3 Å². The highest BCUT2D eigenvalue weighted by atomic mass is 79.9. The number of anilines is 1. The monoisotopic (exact) mass is 311 g/mol. The zero-order valence-electron chi connectivity index (χ0n) is 9.53. The predicted octanol–water partition coefficient (Wildman–Crippen LogP) is 3.09. The van der Waals surface area contributed by atoms with Crippen LogP contribution in [-0.2, 0) is 13.1 Å². The van der Waals surface area contributed by atoms with Crippen LogP contribution in [0.2, 0.25) is 0 Å². The van der Waals surface area contributed by atoms with Crippen LogP contribution in [0.15, 0.2) is 28.9 Å². The van der Waals surface area contributed by atoms with Gasteiger partial charge in [-0.25, -0.2) is 4.98 Å². The number of aryl methyl sites for hydroxylation is 1. The Morgan fingerprint density at radius 1 is 1.41 bits per heavy atom. The SMILES string of the molecule is Cc1ncc(CNCc2ccc(N)c(Br)c2)s1. The zero-order chi connectivity index (χ0) is 12.3. The van der Waals surface area contributed by atoms with E-state index < -0.39 is 0 Å². The summed E-state index contributed by atoms with van der Waals surface area (Å²) in [6.07, 6.45) is 1.92. The molecule has 0 fully saturated rings. The Labute approximate surface area is 113 Å². The van der Waals surface area contributed by atoms with Crippen molar-refractivity contribution in [2.75, 3.05) is 5.73 Å². The van der Waals surface area contributed by atoms with E-state index in [-0.39, 0.29) is 0 Å². The minimum absolute atomic E-state index is 0.770. The van der Waals surface area contributed by atoms with Crippen molar-refractivity contribution in [1.29, 1.82) is 0 Å². The summed E-state index contributed by atoms with van der Waals surface area (Å²) in [6, 6.07) is 5.99. The number of halogens is 1. The maximum Gasteiger partial charge on any atom is 0.0897 e. The molecule has 0 saturated carbocycles. The number of thiazole rings is 1. The highest BCUT2D eigenvalue weighted by Crippen LogP contribution is 2.20. The zero-order valence-corrected chi connectivity index (χ0v) is 11.9. The van der Waals surface area contributed by atoms with E-state index in [0.717, 1.165) is 28.3 Å². The van der Waals surface area contributed by atoms with E-state index in [0.29, 0.717) is 0 Å². The van der Waals surface area contributed by atoms with E-state index in [1.165, 1.54) is 10.4 Å². The first-order valence-corrected chi connectivity index (χ1v) is 6.92. The van der Waals surface area contributed by atoms with Crippen molar-refractivity contribution in [2.45, 2.75) is 20.0 Å². The second-order valence-corrected chi connectivity index (χ2v) is 5.98. The third-order valence-electron chi connectivity index (χ3n) is 2.36. The van der Waals surface area contributed by atoms with Gasteiger partial charge < -0.3 is 11.1 Å². The van der Waals surface area contributed by atoms with Crippen LogP contribution in [0, 0.1) is 6.92 Å². The van der Waals surface area contributed by atoms with Crippen LogP contribution in [0.3, 0.4) is 0 Å². The van der Waals surface area contributed by atoms with Gasteiger partial charge in [0.05, 0.1) is 5.01 Å². The number of nitrogens with one attached hydrogen (secondary N) is 1. The van der Waals surface area contributed by atoms with Gasteiger partial charge in [-0.2, -0.15) is 0 Å². The van der Waals surface area contributed by atoms with Gasteiger partial charge in [-0.3, -0.25) is 0 Å². The molecule has 0 amide bonds. The molecule has 0 radical (unpaired) electrons. The first-order valence-electron chi connectivity index (χ1n) is 5.31. The van der Waals surface area contributed by atoms with Crippen molar-refractivity contribution in [3.63, 3.8) is 0 Å². The lowest BCUT2D eigenvalue weighted by atomic mass is 10.2. The number of hydrogen-bond acceptors (Lipinski definition) is 4. The van der Waals surface area contributed by atoms with Crippen molar-refractivity contribution >= 4 is 33.0 Å². The minimum Gasteiger partial charge on any atom is -0.398 e. The molecular formula is C12H14BrN3S. The van der Waals surface area contributed by atoms with Gasteiger partial charge in [0.25, 0.3) is 0 Å². The Balaban J connectivity index is 1.87. The van der Waals surface area contributed by atoms with Gasteiger partial charge >= 0.3 is 0 Å². The molecule has 1 heterocycles. The molecule has 0 aliphatic rings. The molecule has 0 atom stereocenters. The van der Waals surface area contributed by atoms with E-state index in [9.17, 15) is 0 Å². The molecule has 0 bridgehead atoms. The van der Waals surface area contributed by atoms with E-state index in [2.05, 4.69) is 26.2 Å². The first kappa shape index (κ1) is 12.5. The highest BCUT2D eigenvalue weighted by Gasteiger charge is 2.00. The number of nitrogen functional groups attached to an aromatic ring is 1. The second-order valence-electron chi connectivity index (χ2n) is 3.81. The lowest BCUT2D eigenvalue weighted by molar-refractivity contribution is 0.700. The summed E-state index contributed by atoms with van der Waals surface area (Å²) >= 11 is 5.15. The molecule has 0 spiro atoms. The number of hydrogen-bond donors (Lipinski definition) is 2. The number of benzene rings is 1. The van der Waals surface area contributed by atoms with Crippen molar-refractivity contribution in [3.8, 4) is 0 Å². The third-order valence-corrected chi connectivity index (χ3v) is 3.96. The molecule has 0 aliphatic heterocycles. The smallest absolute Gasteiger partial charge is 0.0897 e. The molecule has 2 aromatic rings. The average molecular weight is 312 g/mol. The second kappa shape index (κ2) is 5.62. The summed E-state index contributed by atoms with van der Waals surface area (Å²) < 4.78 is 0.949. The molecular weight excluding hydrogens is 298 g/mol. The standard InChI is InChI=1S/C12H14BrN3S/c1-8-16-7-10(17-8)6-15-5-9-2-3-12(14)11(13)4-9/h2-4,7,15H,5-6,14H2,1H3. The van der Waals surface area contributed by atoms with Gasteiger partial charge in [-0.1, -0.05) is 6.07 Å². The Kier molecular flexibility index (Phi) is 4.15. The van der Waals surface area contributed by atoms with Crippen molar-refractivity contribution < 1.29 is 0 Å². The van der Waals surface area contributed by atoms with Crippen LogP contribution in [0.1, 0.15) is 15.4 Å². The van der Waals surface area contributed by atoms with Gasteiger partial charge in [0.2, 0.25) is 0 Å². The van der Waals surface area contributed by atoms with Crippen LogP contribution in [-0.4, -0.2) is 4.98 Å². The van der Waals surface area contributed by atoms with E-state index in [1.807, 2.05) is 31.3 Å². The van der Waals surface area contributed by atoms with Crippen LogP contribution < -0.4 is 11.1 Å². The van der Waals surface area contributed by atoms with Gasteiger partial charge in [-0.05, 0) is 40.5 Å². The normalized spacial score (nSPS) is 10.7. The summed E-state index contributed by atoms with van der Waals surface area (Å²) in [5, 5.41) is 4.50. The molecule has 1 aromatic heterocycles. The number of rotatable bonds is 4. The Morgan fingerprint density at radius 2 is 2.24 bits per heavy atom. The lowest BCUT2D eigenvalue weighted by Crippen LogP contribution is -2.11. The van der Waals surface area contributed by atoms with Crippen molar-refractivity contribution in [2.24, 2.45) is 0 Å². The van der Waals surface area contributed by atoms with Crippen LogP contribution in [0.5, 0.6) is 0 Å². The van der Waals surface area contributed by atoms with E-state index in [4.69, 9.17) is 5.73 Å². The first-order chi connectivity index (χ1) is 8.15. The quantitative estimate of drug-likeness (QED) is 0.853. The fourth-order valence-electron chi connectivity index (χ4n) is 1.50. The van der Waals surface area contributed by atoms with Gasteiger partial charge in [0.1, 0.15) is 0 Å². The molecule has 0 saturated heterocycles. The largest absolute Gasteiger partial charge is 0.398 e. The van der Waals surface area contributed by atoms with Gasteiger partial charge in [0.15, 0.2) is 0 Å². The summed E-state index contributed by atoms with van der Waals surface area (Å²) in [5.41, 5.74) is 7.72. The summed E-state index contributed by atoms with van der Waals surface area (Å²) in [5.74, 6) is 0.